The second-order valence-electron chi connectivity index (χ2n) is 7.04. The van der Waals surface area contributed by atoms with Crippen LogP contribution < -0.4 is 10.6 Å². The molecule has 0 saturated carbocycles. The van der Waals surface area contributed by atoms with Crippen molar-refractivity contribution in [1.82, 2.24) is 15.5 Å². The summed E-state index contributed by atoms with van der Waals surface area (Å²) in [5, 5.41) is 6.65. The van der Waals surface area contributed by atoms with Gasteiger partial charge in [0.25, 0.3) is 0 Å². The minimum Gasteiger partial charge on any atom is -0.377 e. The first kappa shape index (κ1) is 22.2. The predicted octanol–water partition coefficient (Wildman–Crippen LogP) is 2.99. The van der Waals surface area contributed by atoms with E-state index in [1.807, 2.05) is 13.8 Å². The van der Waals surface area contributed by atoms with Crippen LogP contribution in [-0.4, -0.2) is 50.3 Å². The maximum absolute atomic E-state index is 5.41. The Hall–Kier alpha value is -0.860. The lowest BCUT2D eigenvalue weighted by atomic mass is 10.1. The summed E-state index contributed by atoms with van der Waals surface area (Å²) < 4.78 is 5.41. The Balaban J connectivity index is 0.00000312. The summed E-state index contributed by atoms with van der Waals surface area (Å²) in [5.74, 6) is 0.793. The molecule has 0 bridgehead atoms. The molecule has 6 heteroatoms. The van der Waals surface area contributed by atoms with Gasteiger partial charge in [-0.05, 0) is 50.9 Å². The summed E-state index contributed by atoms with van der Waals surface area (Å²) in [6.45, 7) is 9.11. The largest absolute Gasteiger partial charge is 0.377 e. The number of halogens is 1. The number of rotatable bonds is 7. The third-order valence-corrected chi connectivity index (χ3v) is 4.55. The van der Waals surface area contributed by atoms with Crippen LogP contribution in [0.4, 0.5) is 0 Å². The maximum Gasteiger partial charge on any atom is 0.191 e. The first-order chi connectivity index (χ1) is 11.5. The summed E-state index contributed by atoms with van der Waals surface area (Å²) in [4.78, 5) is 6.78. The fourth-order valence-corrected chi connectivity index (χ4v) is 2.74. The lowest BCUT2D eigenvalue weighted by Gasteiger charge is -2.24. The van der Waals surface area contributed by atoms with Crippen LogP contribution in [0.3, 0.4) is 0 Å². The molecule has 0 amide bonds. The summed E-state index contributed by atoms with van der Waals surface area (Å²) in [6.07, 6.45) is 2.68. The van der Waals surface area contributed by atoms with E-state index in [0.717, 1.165) is 19.0 Å². The molecule has 0 unspecified atom stereocenters. The molecule has 142 valence electrons. The highest BCUT2D eigenvalue weighted by Crippen LogP contribution is 2.13. The zero-order valence-electron chi connectivity index (χ0n) is 16.0. The Morgan fingerprint density at radius 1 is 1.12 bits per heavy atom. The molecule has 1 aliphatic rings. The Morgan fingerprint density at radius 3 is 2.28 bits per heavy atom. The average Bonchev–Trinajstić information content (AvgIpc) is 3.09. The van der Waals surface area contributed by atoms with Gasteiger partial charge >= 0.3 is 0 Å². The van der Waals surface area contributed by atoms with Gasteiger partial charge in [0.05, 0.1) is 5.60 Å². The molecule has 1 aliphatic heterocycles. The van der Waals surface area contributed by atoms with Gasteiger partial charge in [-0.15, -0.1) is 24.0 Å². The molecule has 2 N–H and O–H groups in total. The van der Waals surface area contributed by atoms with Gasteiger partial charge in [-0.3, -0.25) is 9.89 Å². The van der Waals surface area contributed by atoms with Crippen LogP contribution in [0.2, 0.25) is 0 Å². The van der Waals surface area contributed by atoms with E-state index < -0.39 is 0 Å². The van der Waals surface area contributed by atoms with E-state index in [4.69, 9.17) is 4.74 Å². The van der Waals surface area contributed by atoms with Crippen LogP contribution in [0.5, 0.6) is 0 Å². The second-order valence-corrected chi connectivity index (χ2v) is 7.04. The lowest BCUT2D eigenvalue weighted by Crippen LogP contribution is -2.45. The fourth-order valence-electron chi connectivity index (χ4n) is 2.74. The van der Waals surface area contributed by atoms with Crippen molar-refractivity contribution >= 4 is 29.9 Å². The minimum atomic E-state index is -0.213. The maximum atomic E-state index is 5.41. The van der Waals surface area contributed by atoms with Gasteiger partial charge in [0.1, 0.15) is 0 Å². The molecular weight excluding hydrogens is 427 g/mol. The van der Waals surface area contributed by atoms with Crippen molar-refractivity contribution in [1.29, 1.82) is 0 Å². The summed E-state index contributed by atoms with van der Waals surface area (Å²) in [7, 11) is 3.51. The van der Waals surface area contributed by atoms with Crippen LogP contribution >= 0.6 is 24.0 Å². The molecule has 2 rings (SSSR count). The number of methoxy groups -OCH3 is 1. The number of nitrogens with zero attached hydrogens (tertiary/aromatic N) is 2. The summed E-state index contributed by atoms with van der Waals surface area (Å²) in [6, 6.07) is 8.87. The van der Waals surface area contributed by atoms with Gasteiger partial charge in [0.2, 0.25) is 0 Å². The minimum absolute atomic E-state index is 0. The summed E-state index contributed by atoms with van der Waals surface area (Å²) >= 11 is 0. The fraction of sp³-hybridized carbons (Fsp3) is 0.632. The number of aliphatic imine (C=N–C) groups is 1. The molecule has 0 aromatic heterocycles. The number of guanidine groups is 1. The normalized spacial score (nSPS) is 15.8. The summed E-state index contributed by atoms with van der Waals surface area (Å²) in [5.41, 5.74) is 2.44. The van der Waals surface area contributed by atoms with E-state index in [9.17, 15) is 0 Å². The Morgan fingerprint density at radius 2 is 1.72 bits per heavy atom. The molecule has 1 saturated heterocycles. The molecule has 1 fully saturated rings. The van der Waals surface area contributed by atoms with Crippen molar-refractivity contribution < 1.29 is 4.74 Å². The first-order valence-corrected chi connectivity index (χ1v) is 8.82. The van der Waals surface area contributed by atoms with Crippen LogP contribution in [0, 0.1) is 0 Å². The second kappa shape index (κ2) is 11.0. The zero-order valence-corrected chi connectivity index (χ0v) is 18.3. The van der Waals surface area contributed by atoms with E-state index in [-0.39, 0.29) is 29.6 Å². The standard InChI is InChI=1S/C19H32N4O.HI/c1-19(2,24-4)15-22-18(20-3)21-13-16-7-9-17(10-8-16)14-23-11-5-6-12-23;/h7-10H,5-6,11-15H2,1-4H3,(H2,20,21,22);1H. The molecule has 1 heterocycles. The number of benzene rings is 1. The SMILES string of the molecule is CN=C(NCc1ccc(CN2CCCC2)cc1)NCC(C)(C)OC.I. The van der Waals surface area contributed by atoms with Gasteiger partial charge in [-0.1, -0.05) is 24.3 Å². The van der Waals surface area contributed by atoms with Crippen molar-refractivity contribution in [3.05, 3.63) is 35.4 Å². The number of likely N-dealkylation sites (tertiary alicyclic amines) is 1. The highest BCUT2D eigenvalue weighted by molar-refractivity contribution is 14.0. The van der Waals surface area contributed by atoms with Gasteiger partial charge in [-0.2, -0.15) is 0 Å². The van der Waals surface area contributed by atoms with E-state index in [1.165, 1.54) is 37.1 Å². The first-order valence-electron chi connectivity index (χ1n) is 8.82. The average molecular weight is 460 g/mol. The smallest absolute Gasteiger partial charge is 0.191 e. The molecule has 0 spiro atoms. The number of nitrogens with one attached hydrogen (secondary N) is 2. The van der Waals surface area contributed by atoms with Crippen LogP contribution in [0.1, 0.15) is 37.8 Å². The molecule has 0 radical (unpaired) electrons. The topological polar surface area (TPSA) is 48.9 Å². The molecule has 0 atom stereocenters. The van der Waals surface area contributed by atoms with Gasteiger partial charge in [0, 0.05) is 33.8 Å². The van der Waals surface area contributed by atoms with Crippen LogP contribution in [0.25, 0.3) is 0 Å². The Bertz CT molecular complexity index is 525. The number of hydrogen-bond donors (Lipinski definition) is 2. The van der Waals surface area contributed by atoms with Crippen molar-refractivity contribution in [2.24, 2.45) is 4.99 Å². The van der Waals surface area contributed by atoms with Gasteiger partial charge < -0.3 is 15.4 Å². The zero-order chi connectivity index (χ0) is 17.4. The third kappa shape index (κ3) is 7.92. The predicted molar refractivity (Wildman–Crippen MR) is 116 cm³/mol. The monoisotopic (exact) mass is 460 g/mol. The number of hydrogen-bond acceptors (Lipinski definition) is 3. The van der Waals surface area contributed by atoms with E-state index in [0.29, 0.717) is 6.54 Å². The quantitative estimate of drug-likeness (QED) is 0.373. The number of ether oxygens (including phenoxy) is 1. The Kier molecular flexibility index (Phi) is 9.74. The van der Waals surface area contributed by atoms with Crippen molar-refractivity contribution in [2.45, 2.75) is 45.4 Å². The lowest BCUT2D eigenvalue weighted by molar-refractivity contribution is 0.0268. The molecule has 25 heavy (non-hydrogen) atoms. The third-order valence-electron chi connectivity index (χ3n) is 4.55. The van der Waals surface area contributed by atoms with Gasteiger partial charge in [0.15, 0.2) is 5.96 Å². The van der Waals surface area contributed by atoms with Crippen molar-refractivity contribution in [3.63, 3.8) is 0 Å². The van der Waals surface area contributed by atoms with E-state index in [2.05, 4.69) is 44.8 Å². The molecule has 5 nitrogen and oxygen atoms in total. The highest BCUT2D eigenvalue weighted by atomic mass is 127. The van der Waals surface area contributed by atoms with Gasteiger partial charge in [-0.25, -0.2) is 0 Å². The Labute approximate surface area is 169 Å². The molecule has 1 aromatic carbocycles. The van der Waals surface area contributed by atoms with Crippen LogP contribution in [0.15, 0.2) is 29.3 Å². The van der Waals surface area contributed by atoms with Crippen molar-refractivity contribution in [3.8, 4) is 0 Å². The van der Waals surface area contributed by atoms with Crippen molar-refractivity contribution in [2.75, 3.05) is 33.8 Å². The molecule has 1 aromatic rings. The van der Waals surface area contributed by atoms with E-state index in [1.54, 1.807) is 14.2 Å². The van der Waals surface area contributed by atoms with E-state index >= 15 is 0 Å². The molecule has 0 aliphatic carbocycles. The highest BCUT2D eigenvalue weighted by Gasteiger charge is 2.16. The van der Waals surface area contributed by atoms with Crippen LogP contribution in [-0.2, 0) is 17.8 Å². The molecular formula is C19H33IN4O.